The van der Waals surface area contributed by atoms with E-state index in [1.54, 1.807) is 12.3 Å². The van der Waals surface area contributed by atoms with Crippen LogP contribution in [0.25, 0.3) is 10.9 Å². The zero-order valence-corrected chi connectivity index (χ0v) is 14.5. The van der Waals surface area contributed by atoms with Gasteiger partial charge in [-0.15, -0.1) is 0 Å². The van der Waals surface area contributed by atoms with Crippen LogP contribution in [0.3, 0.4) is 0 Å². The molecule has 1 N–H and O–H groups in total. The third-order valence-electron chi connectivity index (χ3n) is 4.55. The van der Waals surface area contributed by atoms with E-state index in [1.165, 1.54) is 0 Å². The Bertz CT molecular complexity index is 950. The predicted molar refractivity (Wildman–Crippen MR) is 99.2 cm³/mol. The molecule has 25 heavy (non-hydrogen) atoms. The molecule has 0 saturated heterocycles. The lowest BCUT2D eigenvalue weighted by Crippen LogP contribution is -2.21. The molecule has 5 heteroatoms. The van der Waals surface area contributed by atoms with E-state index in [-0.39, 0.29) is 11.3 Å². The maximum Gasteiger partial charge on any atom is 0.230 e. The van der Waals surface area contributed by atoms with Crippen molar-refractivity contribution >= 4 is 34.1 Å². The number of nitrogens with zero attached hydrogens (tertiary/aromatic N) is 1. The molecule has 1 aliphatic carbocycles. The van der Waals surface area contributed by atoms with Gasteiger partial charge in [-0.1, -0.05) is 18.5 Å². The second kappa shape index (κ2) is 6.05. The molecule has 1 amide bonds. The normalized spacial score (nSPS) is 15.0. The maximum atomic E-state index is 12.1. The van der Waals surface area contributed by atoms with E-state index in [0.717, 1.165) is 29.4 Å². The van der Waals surface area contributed by atoms with Crippen LogP contribution in [0.15, 0.2) is 54.7 Å². The molecule has 3 aromatic rings. The van der Waals surface area contributed by atoms with Crippen molar-refractivity contribution in [3.05, 3.63) is 59.8 Å². The molecular weight excluding hydrogens is 336 g/mol. The average Bonchev–Trinajstić information content (AvgIpc) is 3.35. The lowest BCUT2D eigenvalue weighted by atomic mass is 10.1. The van der Waals surface area contributed by atoms with Crippen LogP contribution in [0.2, 0.25) is 5.02 Å². The van der Waals surface area contributed by atoms with Crippen LogP contribution >= 0.6 is 11.6 Å². The van der Waals surface area contributed by atoms with Crippen molar-refractivity contribution in [3.8, 4) is 11.5 Å². The quantitative estimate of drug-likeness (QED) is 0.682. The van der Waals surface area contributed by atoms with Crippen LogP contribution in [-0.2, 0) is 4.79 Å². The number of aromatic nitrogens is 1. The van der Waals surface area contributed by atoms with Gasteiger partial charge in [-0.25, -0.2) is 0 Å². The second-order valence-electron chi connectivity index (χ2n) is 6.61. The molecule has 4 nitrogen and oxygen atoms in total. The molecule has 126 valence electrons. The zero-order valence-electron chi connectivity index (χ0n) is 13.8. The minimum atomic E-state index is -0.188. The van der Waals surface area contributed by atoms with Gasteiger partial charge in [-0.05, 0) is 61.4 Å². The van der Waals surface area contributed by atoms with Gasteiger partial charge in [-0.3, -0.25) is 9.78 Å². The number of benzene rings is 2. The van der Waals surface area contributed by atoms with Gasteiger partial charge >= 0.3 is 0 Å². The molecule has 1 aromatic heterocycles. The molecule has 0 bridgehead atoms. The topological polar surface area (TPSA) is 51.2 Å². The zero-order chi connectivity index (χ0) is 17.4. The van der Waals surface area contributed by atoms with Crippen LogP contribution in [0.4, 0.5) is 5.69 Å². The van der Waals surface area contributed by atoms with Crippen molar-refractivity contribution in [1.29, 1.82) is 0 Å². The van der Waals surface area contributed by atoms with Crippen LogP contribution in [-0.4, -0.2) is 10.9 Å². The maximum absolute atomic E-state index is 12.1. The number of carbonyl (C=O) groups excluding carboxylic acids is 1. The van der Waals surface area contributed by atoms with Gasteiger partial charge in [0.25, 0.3) is 0 Å². The Balaban J connectivity index is 1.52. The van der Waals surface area contributed by atoms with Crippen molar-refractivity contribution in [2.24, 2.45) is 5.41 Å². The number of fused-ring (bicyclic) bond motifs is 1. The highest BCUT2D eigenvalue weighted by Gasteiger charge is 2.44. The van der Waals surface area contributed by atoms with Crippen molar-refractivity contribution in [2.75, 3.05) is 5.32 Å². The first kappa shape index (κ1) is 15.9. The number of pyridine rings is 1. The molecule has 0 unspecified atom stereocenters. The third-order valence-corrected chi connectivity index (χ3v) is 4.79. The Labute approximate surface area is 150 Å². The summed E-state index contributed by atoms with van der Waals surface area (Å²) in [5.74, 6) is 1.49. The summed E-state index contributed by atoms with van der Waals surface area (Å²) in [5, 5.41) is 4.49. The Kier molecular flexibility index (Phi) is 3.85. The van der Waals surface area contributed by atoms with Gasteiger partial charge in [0.05, 0.1) is 5.52 Å². The third kappa shape index (κ3) is 3.30. The number of rotatable bonds is 4. The molecule has 1 aliphatic rings. The van der Waals surface area contributed by atoms with E-state index in [9.17, 15) is 4.79 Å². The molecule has 0 aliphatic heterocycles. The monoisotopic (exact) mass is 352 g/mol. The lowest BCUT2D eigenvalue weighted by molar-refractivity contribution is -0.120. The number of hydrogen-bond donors (Lipinski definition) is 1. The largest absolute Gasteiger partial charge is 0.457 e. The Morgan fingerprint density at radius 2 is 1.92 bits per heavy atom. The second-order valence-corrected chi connectivity index (χ2v) is 7.05. The highest BCUT2D eigenvalue weighted by Crippen LogP contribution is 2.45. The smallest absolute Gasteiger partial charge is 0.230 e. The standard InChI is InChI=1S/C20H17ClN2O2/c1-20(9-10-20)19(24)23-14-3-5-15(6-4-14)25-18-8-11-22-17-12-13(21)2-7-16(17)18/h2-8,11-12H,9-10H2,1H3,(H,23,24). The molecule has 0 spiro atoms. The van der Waals surface area contributed by atoms with Crippen molar-refractivity contribution < 1.29 is 9.53 Å². The number of anilines is 1. The summed E-state index contributed by atoms with van der Waals surface area (Å²) >= 11 is 6.01. The molecule has 0 atom stereocenters. The van der Waals surface area contributed by atoms with Crippen LogP contribution < -0.4 is 10.1 Å². The van der Waals surface area contributed by atoms with Gasteiger partial charge in [0.1, 0.15) is 11.5 Å². The van der Waals surface area contributed by atoms with Gasteiger partial charge in [0.2, 0.25) is 5.91 Å². The van der Waals surface area contributed by atoms with E-state index in [2.05, 4.69) is 10.3 Å². The Morgan fingerprint density at radius 3 is 2.64 bits per heavy atom. The number of amides is 1. The summed E-state index contributed by atoms with van der Waals surface area (Å²) in [6.07, 6.45) is 3.61. The fourth-order valence-corrected chi connectivity index (χ4v) is 2.78. The molecule has 1 heterocycles. The predicted octanol–water partition coefficient (Wildman–Crippen LogP) is 5.42. The van der Waals surface area contributed by atoms with Gasteiger partial charge in [0, 0.05) is 27.7 Å². The number of nitrogens with one attached hydrogen (secondary N) is 1. The molecule has 0 radical (unpaired) electrons. The number of carbonyl (C=O) groups is 1. The number of hydrogen-bond acceptors (Lipinski definition) is 3. The summed E-state index contributed by atoms with van der Waals surface area (Å²) in [6, 6.07) is 14.7. The number of ether oxygens (including phenoxy) is 1. The van der Waals surface area contributed by atoms with E-state index < -0.39 is 0 Å². The van der Waals surface area contributed by atoms with Gasteiger partial charge in [-0.2, -0.15) is 0 Å². The molecule has 1 saturated carbocycles. The summed E-state index contributed by atoms with van der Waals surface area (Å²) in [6.45, 7) is 1.99. The molecular formula is C20H17ClN2O2. The minimum absolute atomic E-state index is 0.0816. The summed E-state index contributed by atoms with van der Waals surface area (Å²) < 4.78 is 5.98. The van der Waals surface area contributed by atoms with Gasteiger partial charge < -0.3 is 10.1 Å². The lowest BCUT2D eigenvalue weighted by Gasteiger charge is -2.12. The first-order chi connectivity index (χ1) is 12.0. The van der Waals surface area contributed by atoms with Gasteiger partial charge in [0.15, 0.2) is 0 Å². The SMILES string of the molecule is CC1(C(=O)Nc2ccc(Oc3ccnc4cc(Cl)ccc34)cc2)CC1. The highest BCUT2D eigenvalue weighted by molar-refractivity contribution is 6.31. The average molecular weight is 353 g/mol. The number of halogens is 1. The first-order valence-electron chi connectivity index (χ1n) is 8.17. The summed E-state index contributed by atoms with van der Waals surface area (Å²) in [4.78, 5) is 16.4. The molecule has 4 rings (SSSR count). The Hall–Kier alpha value is -2.59. The first-order valence-corrected chi connectivity index (χ1v) is 8.55. The van der Waals surface area contributed by atoms with Crippen molar-refractivity contribution in [3.63, 3.8) is 0 Å². The van der Waals surface area contributed by atoms with Crippen LogP contribution in [0, 0.1) is 5.41 Å². The summed E-state index contributed by atoms with van der Waals surface area (Å²) in [5.41, 5.74) is 1.37. The molecule has 1 fully saturated rings. The minimum Gasteiger partial charge on any atom is -0.457 e. The van der Waals surface area contributed by atoms with Crippen molar-refractivity contribution in [2.45, 2.75) is 19.8 Å². The van der Waals surface area contributed by atoms with E-state index in [0.29, 0.717) is 16.5 Å². The summed E-state index contributed by atoms with van der Waals surface area (Å²) in [7, 11) is 0. The Morgan fingerprint density at radius 1 is 1.16 bits per heavy atom. The van der Waals surface area contributed by atoms with E-state index in [1.807, 2.05) is 49.4 Å². The fraction of sp³-hybridized carbons (Fsp3) is 0.200. The molecule has 2 aromatic carbocycles. The van der Waals surface area contributed by atoms with Crippen LogP contribution in [0.5, 0.6) is 11.5 Å². The van der Waals surface area contributed by atoms with E-state index >= 15 is 0 Å². The van der Waals surface area contributed by atoms with E-state index in [4.69, 9.17) is 16.3 Å². The fourth-order valence-electron chi connectivity index (χ4n) is 2.61. The highest BCUT2D eigenvalue weighted by atomic mass is 35.5. The van der Waals surface area contributed by atoms with Crippen LogP contribution in [0.1, 0.15) is 19.8 Å². The van der Waals surface area contributed by atoms with Crippen molar-refractivity contribution in [1.82, 2.24) is 4.98 Å².